The average Bonchev–Trinajstić information content (AvgIpc) is 2.34. The maximum atomic E-state index is 5.87. The molecule has 1 aliphatic heterocycles. The third kappa shape index (κ3) is 3.47. The molecule has 18 heavy (non-hydrogen) atoms. The molecule has 0 unspecified atom stereocenters. The molecule has 0 amide bonds. The highest BCUT2D eigenvalue weighted by molar-refractivity contribution is 5.42. The zero-order valence-corrected chi connectivity index (χ0v) is 11.5. The quantitative estimate of drug-likeness (QED) is 0.821. The van der Waals surface area contributed by atoms with Crippen LogP contribution in [0, 0.1) is 20.8 Å². The molecule has 1 aliphatic rings. The number of ether oxygens (including phenoxy) is 3. The summed E-state index contributed by atoms with van der Waals surface area (Å²) in [6.45, 7) is 8.51. The summed E-state index contributed by atoms with van der Waals surface area (Å²) in [5.41, 5.74) is 3.66. The van der Waals surface area contributed by atoms with Crippen LogP contribution in [0.4, 0.5) is 0 Å². The van der Waals surface area contributed by atoms with Crippen molar-refractivity contribution in [3.63, 3.8) is 0 Å². The molecule has 0 atom stereocenters. The van der Waals surface area contributed by atoms with E-state index in [-0.39, 0.29) is 6.29 Å². The Morgan fingerprint density at radius 1 is 1.11 bits per heavy atom. The molecule has 2 rings (SSSR count). The van der Waals surface area contributed by atoms with Crippen LogP contribution in [0.15, 0.2) is 12.1 Å². The molecule has 100 valence electrons. The highest BCUT2D eigenvalue weighted by Crippen LogP contribution is 2.24. The van der Waals surface area contributed by atoms with E-state index in [1.807, 2.05) is 0 Å². The van der Waals surface area contributed by atoms with Crippen LogP contribution in [0.25, 0.3) is 0 Å². The van der Waals surface area contributed by atoms with Crippen molar-refractivity contribution in [2.45, 2.75) is 39.9 Å². The van der Waals surface area contributed by atoms with Gasteiger partial charge in [0.25, 0.3) is 0 Å². The second-order valence-electron chi connectivity index (χ2n) is 4.89. The van der Waals surface area contributed by atoms with Crippen LogP contribution in [0.5, 0.6) is 5.75 Å². The van der Waals surface area contributed by atoms with Crippen molar-refractivity contribution >= 4 is 0 Å². The minimum atomic E-state index is -0.0928. The lowest BCUT2D eigenvalue weighted by molar-refractivity contribution is -0.183. The number of hydrogen-bond donors (Lipinski definition) is 0. The van der Waals surface area contributed by atoms with Gasteiger partial charge in [-0.25, -0.2) is 0 Å². The van der Waals surface area contributed by atoms with E-state index in [1.54, 1.807) is 0 Å². The van der Waals surface area contributed by atoms with E-state index in [4.69, 9.17) is 14.2 Å². The van der Waals surface area contributed by atoms with E-state index in [2.05, 4.69) is 32.9 Å². The van der Waals surface area contributed by atoms with E-state index < -0.39 is 0 Å². The SMILES string of the molecule is Cc1cc(C)c(OCCC2OCCCO2)c(C)c1. The molecule has 3 nitrogen and oxygen atoms in total. The van der Waals surface area contributed by atoms with Crippen molar-refractivity contribution < 1.29 is 14.2 Å². The van der Waals surface area contributed by atoms with Crippen LogP contribution >= 0.6 is 0 Å². The van der Waals surface area contributed by atoms with Gasteiger partial charge in [-0.2, -0.15) is 0 Å². The van der Waals surface area contributed by atoms with Crippen LogP contribution < -0.4 is 4.74 Å². The number of benzene rings is 1. The average molecular weight is 250 g/mol. The maximum Gasteiger partial charge on any atom is 0.160 e. The second kappa shape index (κ2) is 6.21. The maximum absolute atomic E-state index is 5.87. The lowest BCUT2D eigenvalue weighted by Gasteiger charge is -2.23. The van der Waals surface area contributed by atoms with Crippen molar-refractivity contribution in [3.05, 3.63) is 28.8 Å². The minimum absolute atomic E-state index is 0.0928. The number of rotatable bonds is 4. The zero-order chi connectivity index (χ0) is 13.0. The third-order valence-corrected chi connectivity index (χ3v) is 3.10. The Bertz CT molecular complexity index is 372. The first-order valence-corrected chi connectivity index (χ1v) is 6.60. The summed E-state index contributed by atoms with van der Waals surface area (Å²) >= 11 is 0. The zero-order valence-electron chi connectivity index (χ0n) is 11.5. The van der Waals surface area contributed by atoms with Crippen molar-refractivity contribution in [3.8, 4) is 5.75 Å². The van der Waals surface area contributed by atoms with Crippen LogP contribution in [0.2, 0.25) is 0 Å². The van der Waals surface area contributed by atoms with Crippen molar-refractivity contribution in [2.75, 3.05) is 19.8 Å². The normalized spacial score (nSPS) is 16.8. The molecule has 0 aromatic heterocycles. The van der Waals surface area contributed by atoms with Crippen LogP contribution in [-0.4, -0.2) is 26.1 Å². The van der Waals surface area contributed by atoms with Gasteiger partial charge in [0.15, 0.2) is 6.29 Å². The predicted octanol–water partition coefficient (Wildman–Crippen LogP) is 3.14. The van der Waals surface area contributed by atoms with Crippen LogP contribution in [-0.2, 0) is 9.47 Å². The van der Waals surface area contributed by atoms with E-state index in [1.165, 1.54) is 16.7 Å². The Labute approximate surface area is 109 Å². The highest BCUT2D eigenvalue weighted by Gasteiger charge is 2.14. The summed E-state index contributed by atoms with van der Waals surface area (Å²) in [5.74, 6) is 0.997. The van der Waals surface area contributed by atoms with E-state index >= 15 is 0 Å². The molecule has 0 saturated carbocycles. The first-order valence-electron chi connectivity index (χ1n) is 6.60. The van der Waals surface area contributed by atoms with Gasteiger partial charge < -0.3 is 14.2 Å². The van der Waals surface area contributed by atoms with Crippen molar-refractivity contribution in [2.24, 2.45) is 0 Å². The fraction of sp³-hybridized carbons (Fsp3) is 0.600. The monoisotopic (exact) mass is 250 g/mol. The van der Waals surface area contributed by atoms with Gasteiger partial charge in [0.05, 0.1) is 19.8 Å². The minimum Gasteiger partial charge on any atom is -0.493 e. The molecular formula is C15H22O3. The van der Waals surface area contributed by atoms with Gasteiger partial charge in [-0.05, 0) is 38.3 Å². The molecular weight excluding hydrogens is 228 g/mol. The van der Waals surface area contributed by atoms with Gasteiger partial charge in [-0.15, -0.1) is 0 Å². The van der Waals surface area contributed by atoms with Gasteiger partial charge in [-0.3, -0.25) is 0 Å². The molecule has 0 aliphatic carbocycles. The lowest BCUT2D eigenvalue weighted by atomic mass is 10.1. The summed E-state index contributed by atoms with van der Waals surface area (Å²) in [4.78, 5) is 0. The molecule has 3 heteroatoms. The van der Waals surface area contributed by atoms with Crippen LogP contribution in [0.1, 0.15) is 29.5 Å². The van der Waals surface area contributed by atoms with Gasteiger partial charge in [0, 0.05) is 6.42 Å². The van der Waals surface area contributed by atoms with Gasteiger partial charge >= 0.3 is 0 Å². The smallest absolute Gasteiger partial charge is 0.160 e. The predicted molar refractivity (Wildman–Crippen MR) is 71.1 cm³/mol. The van der Waals surface area contributed by atoms with E-state index in [9.17, 15) is 0 Å². The first kappa shape index (κ1) is 13.4. The third-order valence-electron chi connectivity index (χ3n) is 3.10. The molecule has 0 spiro atoms. The number of hydrogen-bond acceptors (Lipinski definition) is 3. The van der Waals surface area contributed by atoms with Gasteiger partial charge in [0.1, 0.15) is 5.75 Å². The Hall–Kier alpha value is -1.06. The van der Waals surface area contributed by atoms with Gasteiger partial charge in [0.2, 0.25) is 0 Å². The fourth-order valence-corrected chi connectivity index (χ4v) is 2.35. The summed E-state index contributed by atoms with van der Waals surface area (Å²) < 4.78 is 16.9. The van der Waals surface area contributed by atoms with Gasteiger partial charge in [-0.1, -0.05) is 17.7 Å². The molecule has 1 aromatic rings. The molecule has 0 N–H and O–H groups in total. The Kier molecular flexibility index (Phi) is 4.61. The van der Waals surface area contributed by atoms with Crippen LogP contribution in [0.3, 0.4) is 0 Å². The van der Waals surface area contributed by atoms with E-state index in [0.29, 0.717) is 6.61 Å². The summed E-state index contributed by atoms with van der Waals surface area (Å²) in [6.07, 6.45) is 1.69. The van der Waals surface area contributed by atoms with E-state index in [0.717, 1.165) is 31.8 Å². The molecule has 1 fully saturated rings. The standard InChI is InChI=1S/C15H22O3/c1-11-9-12(2)15(13(3)10-11)18-8-5-14-16-6-4-7-17-14/h9-10,14H,4-8H2,1-3H3. The molecule has 1 aromatic carbocycles. The van der Waals surface area contributed by atoms with Crippen molar-refractivity contribution in [1.82, 2.24) is 0 Å². The first-order chi connectivity index (χ1) is 8.66. The Morgan fingerprint density at radius 2 is 1.72 bits per heavy atom. The summed E-state index contributed by atoms with van der Waals surface area (Å²) in [6, 6.07) is 4.30. The summed E-state index contributed by atoms with van der Waals surface area (Å²) in [5, 5.41) is 0. The lowest BCUT2D eigenvalue weighted by Crippen LogP contribution is -2.26. The highest BCUT2D eigenvalue weighted by atomic mass is 16.7. The fourth-order valence-electron chi connectivity index (χ4n) is 2.35. The molecule has 1 saturated heterocycles. The molecule has 0 bridgehead atoms. The summed E-state index contributed by atoms with van der Waals surface area (Å²) in [7, 11) is 0. The number of aryl methyl sites for hydroxylation is 3. The molecule has 1 heterocycles. The van der Waals surface area contributed by atoms with Crippen molar-refractivity contribution in [1.29, 1.82) is 0 Å². The Morgan fingerprint density at radius 3 is 2.33 bits per heavy atom. The largest absolute Gasteiger partial charge is 0.493 e. The Balaban J connectivity index is 1.86. The molecule has 0 radical (unpaired) electrons. The topological polar surface area (TPSA) is 27.7 Å². The second-order valence-corrected chi connectivity index (χ2v) is 4.89.